The van der Waals surface area contributed by atoms with Crippen LogP contribution in [0, 0.1) is 5.92 Å². The van der Waals surface area contributed by atoms with E-state index in [2.05, 4.69) is 15.9 Å². The Hall–Kier alpha value is -1.03. The van der Waals surface area contributed by atoms with Crippen molar-refractivity contribution in [3.8, 4) is 0 Å². The number of nitrogens with zero attached hydrogens (tertiary/aromatic N) is 2. The van der Waals surface area contributed by atoms with Crippen LogP contribution in [0.15, 0.2) is 22.8 Å². The van der Waals surface area contributed by atoms with E-state index < -0.39 is 0 Å². The molecular weight excluding hydrogens is 290 g/mol. The highest BCUT2D eigenvalue weighted by molar-refractivity contribution is 9.10. The fraction of sp³-hybridized carbons (Fsp3) is 0.500. The summed E-state index contributed by atoms with van der Waals surface area (Å²) in [7, 11) is 0. The molecule has 1 aliphatic carbocycles. The van der Waals surface area contributed by atoms with Gasteiger partial charge in [0.25, 0.3) is 0 Å². The van der Waals surface area contributed by atoms with Crippen LogP contribution < -0.4 is 5.73 Å². The van der Waals surface area contributed by atoms with E-state index in [1.807, 2.05) is 22.7 Å². The Morgan fingerprint density at radius 2 is 2.11 bits per heavy atom. The Kier molecular flexibility index (Phi) is 3.29. The molecule has 18 heavy (non-hydrogen) atoms. The van der Waals surface area contributed by atoms with Gasteiger partial charge in [-0.2, -0.15) is 0 Å². The second kappa shape index (κ2) is 4.92. The van der Waals surface area contributed by atoms with Gasteiger partial charge in [-0.25, -0.2) is 4.98 Å². The summed E-state index contributed by atoms with van der Waals surface area (Å²) in [4.78, 5) is 4.70. The third-order valence-electron chi connectivity index (χ3n) is 3.92. The van der Waals surface area contributed by atoms with Crippen molar-refractivity contribution in [2.45, 2.75) is 38.5 Å². The van der Waals surface area contributed by atoms with Crippen molar-refractivity contribution in [3.05, 3.63) is 28.5 Å². The molecule has 0 amide bonds. The van der Waals surface area contributed by atoms with E-state index in [0.717, 1.165) is 34.0 Å². The molecule has 1 saturated carbocycles. The maximum atomic E-state index is 6.20. The van der Waals surface area contributed by atoms with E-state index in [1.54, 1.807) is 0 Å². The van der Waals surface area contributed by atoms with E-state index in [4.69, 9.17) is 10.7 Å². The Labute approximate surface area is 116 Å². The van der Waals surface area contributed by atoms with Crippen molar-refractivity contribution in [1.29, 1.82) is 0 Å². The molecule has 2 aromatic rings. The van der Waals surface area contributed by atoms with E-state index in [0.29, 0.717) is 0 Å². The zero-order valence-electron chi connectivity index (χ0n) is 10.4. The minimum Gasteiger partial charge on any atom is -0.383 e. The number of pyridine rings is 1. The molecule has 2 heterocycles. The summed E-state index contributed by atoms with van der Waals surface area (Å²) in [6.07, 6.45) is 9.78. The van der Waals surface area contributed by atoms with Crippen LogP contribution in [0.4, 0.5) is 5.82 Å². The van der Waals surface area contributed by atoms with Gasteiger partial charge < -0.3 is 5.73 Å². The van der Waals surface area contributed by atoms with E-state index in [9.17, 15) is 0 Å². The van der Waals surface area contributed by atoms with E-state index in [-0.39, 0.29) is 0 Å². The molecule has 3 nitrogen and oxygen atoms in total. The second-order valence-corrected chi connectivity index (χ2v) is 6.06. The normalized spacial score (nSPS) is 17.4. The summed E-state index contributed by atoms with van der Waals surface area (Å²) in [5.41, 5.74) is 8.20. The Balaban J connectivity index is 1.92. The van der Waals surface area contributed by atoms with Gasteiger partial charge in [-0.3, -0.25) is 4.40 Å². The lowest BCUT2D eigenvalue weighted by Gasteiger charge is -2.20. The lowest BCUT2D eigenvalue weighted by molar-refractivity contribution is 0.355. The average molecular weight is 308 g/mol. The van der Waals surface area contributed by atoms with Gasteiger partial charge in [-0.1, -0.05) is 32.1 Å². The molecule has 0 radical (unpaired) electrons. The number of nitrogens with two attached hydrogens (primary N) is 1. The number of hydrogen-bond acceptors (Lipinski definition) is 2. The highest BCUT2D eigenvalue weighted by Gasteiger charge is 2.18. The largest absolute Gasteiger partial charge is 0.383 e. The molecule has 2 aromatic heterocycles. The minimum absolute atomic E-state index is 0.768. The van der Waals surface area contributed by atoms with Crippen molar-refractivity contribution < 1.29 is 0 Å². The summed E-state index contributed by atoms with van der Waals surface area (Å²) in [5, 5.41) is 0. The first-order valence-electron chi connectivity index (χ1n) is 6.66. The first-order chi connectivity index (χ1) is 8.75. The minimum atomic E-state index is 0.768. The number of rotatable bonds is 2. The fourth-order valence-corrected chi connectivity index (χ4v) is 3.35. The molecule has 0 atom stereocenters. The average Bonchev–Trinajstić information content (AvgIpc) is 2.70. The molecule has 96 valence electrons. The Bertz CT molecular complexity index is 555. The molecule has 0 saturated heterocycles. The molecule has 2 N–H and O–H groups in total. The molecule has 0 spiro atoms. The fourth-order valence-electron chi connectivity index (χ4n) is 2.91. The summed E-state index contributed by atoms with van der Waals surface area (Å²) in [6.45, 7) is 0. The molecule has 1 fully saturated rings. The number of halogens is 1. The van der Waals surface area contributed by atoms with Gasteiger partial charge in [0, 0.05) is 6.20 Å². The number of imidazole rings is 1. The predicted molar refractivity (Wildman–Crippen MR) is 77.6 cm³/mol. The predicted octanol–water partition coefficient (Wildman–Crippen LogP) is 3.80. The standard InChI is InChI=1S/C14H18BrN3/c15-11-7-4-8-18-13(16)12(17-14(11)18)9-10-5-2-1-3-6-10/h4,7-8,10H,1-3,5-6,9,16H2. The van der Waals surface area contributed by atoms with Crippen LogP contribution in [-0.2, 0) is 6.42 Å². The van der Waals surface area contributed by atoms with Crippen molar-refractivity contribution in [3.63, 3.8) is 0 Å². The molecule has 0 unspecified atom stereocenters. The quantitative estimate of drug-likeness (QED) is 0.917. The lowest BCUT2D eigenvalue weighted by Crippen LogP contribution is -2.10. The summed E-state index contributed by atoms with van der Waals surface area (Å²) >= 11 is 3.53. The van der Waals surface area contributed by atoms with Crippen LogP contribution in [0.5, 0.6) is 0 Å². The van der Waals surface area contributed by atoms with Crippen LogP contribution >= 0.6 is 15.9 Å². The molecular formula is C14H18BrN3. The number of nitrogen functional groups attached to an aromatic ring is 1. The van der Waals surface area contributed by atoms with Gasteiger partial charge in [0.2, 0.25) is 0 Å². The summed E-state index contributed by atoms with van der Waals surface area (Å²) < 4.78 is 2.98. The van der Waals surface area contributed by atoms with Gasteiger partial charge in [0.05, 0.1) is 10.2 Å². The monoisotopic (exact) mass is 307 g/mol. The molecule has 0 aromatic carbocycles. The van der Waals surface area contributed by atoms with Crippen molar-refractivity contribution >= 4 is 27.4 Å². The van der Waals surface area contributed by atoms with Crippen LogP contribution in [0.2, 0.25) is 0 Å². The van der Waals surface area contributed by atoms with Gasteiger partial charge in [0.1, 0.15) is 5.82 Å². The third kappa shape index (κ3) is 2.14. The zero-order chi connectivity index (χ0) is 12.5. The van der Waals surface area contributed by atoms with Crippen molar-refractivity contribution in [2.24, 2.45) is 5.92 Å². The maximum Gasteiger partial charge on any atom is 0.153 e. The van der Waals surface area contributed by atoms with Crippen molar-refractivity contribution in [1.82, 2.24) is 9.38 Å². The van der Waals surface area contributed by atoms with Crippen molar-refractivity contribution in [2.75, 3.05) is 5.73 Å². The molecule has 1 aliphatic rings. The second-order valence-electron chi connectivity index (χ2n) is 5.20. The molecule has 0 aliphatic heterocycles. The van der Waals surface area contributed by atoms with Crippen LogP contribution in [-0.4, -0.2) is 9.38 Å². The number of aromatic nitrogens is 2. The van der Waals surface area contributed by atoms with Crippen LogP contribution in [0.3, 0.4) is 0 Å². The SMILES string of the molecule is Nc1c(CC2CCCCC2)nc2c(Br)cccn12. The van der Waals surface area contributed by atoms with E-state index >= 15 is 0 Å². The molecule has 0 bridgehead atoms. The third-order valence-corrected chi connectivity index (χ3v) is 4.54. The highest BCUT2D eigenvalue weighted by Crippen LogP contribution is 2.29. The van der Waals surface area contributed by atoms with Gasteiger partial charge in [-0.05, 0) is 40.4 Å². The summed E-state index contributed by atoms with van der Waals surface area (Å²) in [5.74, 6) is 1.57. The van der Waals surface area contributed by atoms with E-state index in [1.165, 1.54) is 32.1 Å². The van der Waals surface area contributed by atoms with Gasteiger partial charge >= 0.3 is 0 Å². The number of anilines is 1. The molecule has 3 rings (SSSR count). The smallest absolute Gasteiger partial charge is 0.153 e. The Morgan fingerprint density at radius 1 is 1.33 bits per heavy atom. The summed E-state index contributed by atoms with van der Waals surface area (Å²) in [6, 6.07) is 3.99. The van der Waals surface area contributed by atoms with Crippen LogP contribution in [0.25, 0.3) is 5.65 Å². The Morgan fingerprint density at radius 3 is 2.83 bits per heavy atom. The highest BCUT2D eigenvalue weighted by atomic mass is 79.9. The number of hydrogen-bond donors (Lipinski definition) is 1. The topological polar surface area (TPSA) is 43.3 Å². The van der Waals surface area contributed by atoms with Crippen LogP contribution in [0.1, 0.15) is 37.8 Å². The zero-order valence-corrected chi connectivity index (χ0v) is 12.0. The van der Waals surface area contributed by atoms with Gasteiger partial charge in [0.15, 0.2) is 5.65 Å². The maximum absolute atomic E-state index is 6.20. The number of fused-ring (bicyclic) bond motifs is 1. The molecule has 4 heteroatoms. The first kappa shape index (κ1) is 12.0. The lowest BCUT2D eigenvalue weighted by atomic mass is 9.86. The first-order valence-corrected chi connectivity index (χ1v) is 7.46. The van der Waals surface area contributed by atoms with Gasteiger partial charge in [-0.15, -0.1) is 0 Å².